The van der Waals surface area contributed by atoms with Gasteiger partial charge in [0, 0.05) is 6.42 Å². The number of hydrogen-bond acceptors (Lipinski definition) is 6. The molecule has 4 N–H and O–H groups in total. The van der Waals surface area contributed by atoms with Crippen LogP contribution in [-0.2, 0) is 6.42 Å². The van der Waals surface area contributed by atoms with E-state index in [0.29, 0.717) is 18.8 Å². The Kier molecular flexibility index (Phi) is 2.94. The number of rotatable bonds is 3. The third-order valence-electron chi connectivity index (χ3n) is 3.44. The Labute approximate surface area is 117 Å². The fraction of sp³-hybridized carbons (Fsp3) is 0.286. The van der Waals surface area contributed by atoms with Gasteiger partial charge in [0.05, 0.1) is 13.7 Å². The smallest absolute Gasteiger partial charge is 0.146 e. The molecule has 1 aromatic rings. The highest BCUT2D eigenvalue weighted by Gasteiger charge is 2.40. The molecule has 1 atom stereocenters. The lowest BCUT2D eigenvalue weighted by atomic mass is 10.0. The molecule has 0 aliphatic carbocycles. The van der Waals surface area contributed by atoms with Crippen molar-refractivity contribution in [3.8, 4) is 5.75 Å². The zero-order chi connectivity index (χ0) is 14.2. The van der Waals surface area contributed by atoms with E-state index in [0.717, 1.165) is 17.1 Å². The molecule has 6 nitrogen and oxygen atoms in total. The summed E-state index contributed by atoms with van der Waals surface area (Å²) in [7, 11) is 1.65. The summed E-state index contributed by atoms with van der Waals surface area (Å²) in [4.78, 5) is 4.42. The van der Waals surface area contributed by atoms with E-state index >= 15 is 0 Å². The molecule has 0 saturated heterocycles. The Balaban J connectivity index is 1.81. The maximum atomic E-state index is 6.46. The van der Waals surface area contributed by atoms with E-state index < -0.39 is 5.66 Å². The number of hydrazone groups is 1. The van der Waals surface area contributed by atoms with Crippen LogP contribution in [0.25, 0.3) is 0 Å². The molecule has 6 heteroatoms. The lowest BCUT2D eigenvalue weighted by Crippen LogP contribution is -2.56. The van der Waals surface area contributed by atoms with Crippen LogP contribution in [-0.4, -0.2) is 36.0 Å². The van der Waals surface area contributed by atoms with E-state index in [1.165, 1.54) is 0 Å². The highest BCUT2D eigenvalue weighted by molar-refractivity contribution is 6.05. The van der Waals surface area contributed by atoms with Gasteiger partial charge in [-0.2, -0.15) is 5.10 Å². The molecule has 2 aliphatic rings. The first-order valence-electron chi connectivity index (χ1n) is 6.39. The quantitative estimate of drug-likeness (QED) is 0.835. The van der Waals surface area contributed by atoms with Gasteiger partial charge in [0.1, 0.15) is 23.1 Å². The lowest BCUT2D eigenvalue weighted by Gasteiger charge is -2.33. The molecule has 0 radical (unpaired) electrons. The number of amidine groups is 2. The minimum absolute atomic E-state index is 0.440. The number of ether oxygens (including phenoxy) is 1. The summed E-state index contributed by atoms with van der Waals surface area (Å²) in [5.74, 6) is 2.02. The number of aliphatic imine (C=N–C) groups is 1. The van der Waals surface area contributed by atoms with Crippen molar-refractivity contribution < 1.29 is 4.74 Å². The Bertz CT molecular complexity index is 604. The number of hydrogen-bond donors (Lipinski definition) is 2. The molecule has 0 fully saturated rings. The van der Waals surface area contributed by atoms with Crippen LogP contribution in [0.1, 0.15) is 5.56 Å². The number of nitrogens with two attached hydrogens (primary N) is 2. The molecule has 0 spiro atoms. The molecular formula is C14H17N5O. The van der Waals surface area contributed by atoms with Gasteiger partial charge in [-0.1, -0.05) is 12.1 Å². The number of fused-ring (bicyclic) bond motifs is 1. The van der Waals surface area contributed by atoms with Gasteiger partial charge in [-0.25, -0.2) is 5.01 Å². The van der Waals surface area contributed by atoms with Crippen LogP contribution < -0.4 is 16.2 Å². The van der Waals surface area contributed by atoms with Crippen LogP contribution in [0.3, 0.4) is 0 Å². The molecular weight excluding hydrogens is 254 g/mol. The normalized spacial score (nSPS) is 24.2. The SMILES string of the molecule is COc1ccc(CC2(N)CN=C3C=CC(N)=NN32)cc1. The second kappa shape index (κ2) is 4.64. The fourth-order valence-electron chi connectivity index (χ4n) is 2.39. The van der Waals surface area contributed by atoms with E-state index in [1.807, 2.05) is 30.3 Å². The zero-order valence-electron chi connectivity index (χ0n) is 11.3. The average molecular weight is 271 g/mol. The Morgan fingerprint density at radius 3 is 2.75 bits per heavy atom. The van der Waals surface area contributed by atoms with E-state index in [2.05, 4.69) is 10.1 Å². The second-order valence-corrected chi connectivity index (χ2v) is 4.97. The maximum absolute atomic E-state index is 6.46. The summed E-state index contributed by atoms with van der Waals surface area (Å²) in [6, 6.07) is 7.84. The van der Waals surface area contributed by atoms with Crippen molar-refractivity contribution >= 4 is 11.7 Å². The summed E-state index contributed by atoms with van der Waals surface area (Å²) < 4.78 is 5.15. The molecule has 0 amide bonds. The van der Waals surface area contributed by atoms with E-state index in [1.54, 1.807) is 18.2 Å². The molecule has 3 rings (SSSR count). The molecule has 0 saturated carbocycles. The standard InChI is InChI=1S/C14H17N5O/c1-20-11-4-2-10(3-5-11)8-14(16)9-17-13-7-6-12(15)18-19(13)14/h2-7H,8-9,16H2,1H3,(H2,15,18). The number of benzene rings is 1. The topological polar surface area (TPSA) is 89.2 Å². The summed E-state index contributed by atoms with van der Waals surface area (Å²) in [6.07, 6.45) is 4.20. The Morgan fingerprint density at radius 1 is 1.30 bits per heavy atom. The molecule has 1 unspecified atom stereocenters. The predicted molar refractivity (Wildman–Crippen MR) is 78.5 cm³/mol. The van der Waals surface area contributed by atoms with Gasteiger partial charge in [0.25, 0.3) is 0 Å². The van der Waals surface area contributed by atoms with E-state index in [9.17, 15) is 0 Å². The molecule has 104 valence electrons. The number of methoxy groups -OCH3 is 1. The van der Waals surface area contributed by atoms with Crippen LogP contribution >= 0.6 is 0 Å². The monoisotopic (exact) mass is 271 g/mol. The van der Waals surface area contributed by atoms with Gasteiger partial charge >= 0.3 is 0 Å². The van der Waals surface area contributed by atoms with Gasteiger partial charge < -0.3 is 16.2 Å². The first kappa shape index (κ1) is 12.7. The lowest BCUT2D eigenvalue weighted by molar-refractivity contribution is 0.215. The number of nitrogens with zero attached hydrogens (tertiary/aromatic N) is 3. The Hall–Kier alpha value is -2.34. The van der Waals surface area contributed by atoms with E-state index in [4.69, 9.17) is 16.2 Å². The van der Waals surface area contributed by atoms with Crippen LogP contribution in [0.4, 0.5) is 0 Å². The summed E-state index contributed by atoms with van der Waals surface area (Å²) in [6.45, 7) is 0.496. The summed E-state index contributed by atoms with van der Waals surface area (Å²) >= 11 is 0. The van der Waals surface area contributed by atoms with Gasteiger partial charge in [-0.05, 0) is 29.8 Å². The van der Waals surface area contributed by atoms with Crippen molar-refractivity contribution in [3.63, 3.8) is 0 Å². The molecule has 0 aromatic heterocycles. The molecule has 1 aromatic carbocycles. The molecule has 2 heterocycles. The third-order valence-corrected chi connectivity index (χ3v) is 3.44. The summed E-state index contributed by atoms with van der Waals surface area (Å²) in [5, 5.41) is 6.00. The predicted octanol–water partition coefficient (Wildman–Crippen LogP) is 0.449. The second-order valence-electron chi connectivity index (χ2n) is 4.97. The van der Waals surface area contributed by atoms with Crippen molar-refractivity contribution in [3.05, 3.63) is 42.0 Å². The van der Waals surface area contributed by atoms with Crippen molar-refractivity contribution in [1.29, 1.82) is 0 Å². The van der Waals surface area contributed by atoms with Crippen molar-refractivity contribution in [2.75, 3.05) is 13.7 Å². The molecule has 2 aliphatic heterocycles. The van der Waals surface area contributed by atoms with Crippen molar-refractivity contribution in [2.24, 2.45) is 21.6 Å². The van der Waals surface area contributed by atoms with E-state index in [-0.39, 0.29) is 0 Å². The molecule has 20 heavy (non-hydrogen) atoms. The average Bonchev–Trinajstić information content (AvgIpc) is 2.77. The fourth-order valence-corrected chi connectivity index (χ4v) is 2.39. The first-order chi connectivity index (χ1) is 9.60. The zero-order valence-corrected chi connectivity index (χ0v) is 11.3. The minimum Gasteiger partial charge on any atom is -0.497 e. The maximum Gasteiger partial charge on any atom is 0.146 e. The highest BCUT2D eigenvalue weighted by atomic mass is 16.5. The van der Waals surface area contributed by atoms with Crippen molar-refractivity contribution in [1.82, 2.24) is 5.01 Å². The van der Waals surface area contributed by atoms with Crippen LogP contribution in [0.15, 0.2) is 46.5 Å². The minimum atomic E-state index is -0.667. The van der Waals surface area contributed by atoms with Gasteiger partial charge in [-0.3, -0.25) is 4.99 Å². The van der Waals surface area contributed by atoms with Crippen LogP contribution in [0.5, 0.6) is 5.75 Å². The summed E-state index contributed by atoms with van der Waals surface area (Å²) in [5.41, 5.74) is 12.6. The van der Waals surface area contributed by atoms with Gasteiger partial charge in [-0.15, -0.1) is 0 Å². The van der Waals surface area contributed by atoms with Crippen molar-refractivity contribution in [2.45, 2.75) is 12.1 Å². The Morgan fingerprint density at radius 2 is 2.05 bits per heavy atom. The van der Waals surface area contributed by atoms with Crippen LogP contribution in [0.2, 0.25) is 0 Å². The molecule has 0 bridgehead atoms. The largest absolute Gasteiger partial charge is 0.497 e. The van der Waals surface area contributed by atoms with Gasteiger partial charge in [0.15, 0.2) is 0 Å². The first-order valence-corrected chi connectivity index (χ1v) is 6.39. The highest BCUT2D eigenvalue weighted by Crippen LogP contribution is 2.26. The van der Waals surface area contributed by atoms with Crippen LogP contribution in [0, 0.1) is 0 Å². The van der Waals surface area contributed by atoms with Gasteiger partial charge in [0.2, 0.25) is 0 Å². The third kappa shape index (κ3) is 2.14.